The summed E-state index contributed by atoms with van der Waals surface area (Å²) in [5.74, 6) is -0.207. The van der Waals surface area contributed by atoms with Crippen molar-refractivity contribution >= 4 is 11.6 Å². The molecule has 100 valence electrons. The Hall–Kier alpha value is -1.38. The molecule has 19 heavy (non-hydrogen) atoms. The Balaban J connectivity index is 2.03. The summed E-state index contributed by atoms with van der Waals surface area (Å²) in [6, 6.07) is 14.7. The SMILES string of the molecule is CC(N[C@@H](C)c1ccc(F)cc1)c1ccc(Cl)cc1. The molecule has 0 aliphatic carbocycles. The second kappa shape index (κ2) is 6.18. The minimum atomic E-state index is -0.207. The zero-order valence-electron chi connectivity index (χ0n) is 11.0. The maximum absolute atomic E-state index is 12.9. The van der Waals surface area contributed by atoms with Gasteiger partial charge in [-0.05, 0) is 49.2 Å². The third kappa shape index (κ3) is 3.79. The monoisotopic (exact) mass is 277 g/mol. The van der Waals surface area contributed by atoms with Gasteiger partial charge in [-0.25, -0.2) is 4.39 Å². The first-order valence-electron chi connectivity index (χ1n) is 6.33. The van der Waals surface area contributed by atoms with Crippen LogP contribution in [0, 0.1) is 5.82 Å². The highest BCUT2D eigenvalue weighted by Crippen LogP contribution is 2.21. The van der Waals surface area contributed by atoms with Crippen LogP contribution in [-0.4, -0.2) is 0 Å². The van der Waals surface area contributed by atoms with Gasteiger partial charge in [-0.15, -0.1) is 0 Å². The Morgan fingerprint density at radius 1 is 0.842 bits per heavy atom. The quantitative estimate of drug-likeness (QED) is 0.839. The van der Waals surface area contributed by atoms with Gasteiger partial charge in [0.15, 0.2) is 0 Å². The van der Waals surface area contributed by atoms with Gasteiger partial charge in [0.05, 0.1) is 0 Å². The van der Waals surface area contributed by atoms with Crippen molar-refractivity contribution in [3.05, 3.63) is 70.5 Å². The Labute approximate surface area is 118 Å². The standard InChI is InChI=1S/C16H17ClFN/c1-11(13-3-7-15(17)8-4-13)19-12(2)14-5-9-16(18)10-6-14/h3-12,19H,1-2H3/t11?,12-/m0/s1. The molecule has 2 aromatic carbocycles. The van der Waals surface area contributed by atoms with E-state index in [2.05, 4.69) is 19.2 Å². The fraction of sp³-hybridized carbons (Fsp3) is 0.250. The van der Waals surface area contributed by atoms with Crippen molar-refractivity contribution in [3.63, 3.8) is 0 Å². The summed E-state index contributed by atoms with van der Waals surface area (Å²) in [7, 11) is 0. The Bertz CT molecular complexity index is 472. The van der Waals surface area contributed by atoms with Crippen molar-refractivity contribution in [1.29, 1.82) is 0 Å². The number of rotatable bonds is 4. The lowest BCUT2D eigenvalue weighted by molar-refractivity contribution is 0.494. The molecule has 0 bridgehead atoms. The van der Waals surface area contributed by atoms with Gasteiger partial charge in [0, 0.05) is 17.1 Å². The highest BCUT2D eigenvalue weighted by Gasteiger charge is 2.11. The number of halogens is 2. The smallest absolute Gasteiger partial charge is 0.123 e. The average Bonchev–Trinajstić information content (AvgIpc) is 2.40. The molecule has 2 aromatic rings. The van der Waals surface area contributed by atoms with Crippen LogP contribution in [0.1, 0.15) is 37.1 Å². The predicted octanol–water partition coefficient (Wildman–Crippen LogP) is 4.89. The maximum atomic E-state index is 12.9. The molecule has 0 aromatic heterocycles. The molecule has 0 amide bonds. The van der Waals surface area contributed by atoms with E-state index in [9.17, 15) is 4.39 Å². The molecule has 0 saturated heterocycles. The lowest BCUT2D eigenvalue weighted by Gasteiger charge is -2.21. The minimum absolute atomic E-state index is 0.159. The summed E-state index contributed by atoms with van der Waals surface area (Å²) in [4.78, 5) is 0. The van der Waals surface area contributed by atoms with Crippen molar-refractivity contribution in [3.8, 4) is 0 Å². The molecule has 3 heteroatoms. The number of hydrogen-bond acceptors (Lipinski definition) is 1. The highest BCUT2D eigenvalue weighted by molar-refractivity contribution is 6.30. The predicted molar refractivity (Wildman–Crippen MR) is 77.8 cm³/mol. The molecular weight excluding hydrogens is 261 g/mol. The molecule has 0 heterocycles. The van der Waals surface area contributed by atoms with E-state index in [1.165, 1.54) is 17.7 Å². The summed E-state index contributed by atoms with van der Waals surface area (Å²) in [6.45, 7) is 4.17. The van der Waals surface area contributed by atoms with Gasteiger partial charge in [0.2, 0.25) is 0 Å². The van der Waals surface area contributed by atoms with Gasteiger partial charge >= 0.3 is 0 Å². The van der Waals surface area contributed by atoms with Gasteiger partial charge in [0.25, 0.3) is 0 Å². The average molecular weight is 278 g/mol. The zero-order valence-corrected chi connectivity index (χ0v) is 11.8. The topological polar surface area (TPSA) is 12.0 Å². The van der Waals surface area contributed by atoms with Crippen LogP contribution in [0.4, 0.5) is 4.39 Å². The normalized spacial score (nSPS) is 14.1. The lowest BCUT2D eigenvalue weighted by atomic mass is 10.0. The molecule has 1 unspecified atom stereocenters. The van der Waals surface area contributed by atoms with E-state index in [1.54, 1.807) is 0 Å². The van der Waals surface area contributed by atoms with Crippen LogP contribution >= 0.6 is 11.6 Å². The van der Waals surface area contributed by atoms with Crippen LogP contribution in [0.2, 0.25) is 5.02 Å². The molecule has 2 rings (SSSR count). The zero-order chi connectivity index (χ0) is 13.8. The third-order valence-corrected chi connectivity index (χ3v) is 3.49. The molecule has 0 aliphatic heterocycles. The van der Waals surface area contributed by atoms with Crippen LogP contribution in [0.15, 0.2) is 48.5 Å². The molecule has 2 atom stereocenters. The highest BCUT2D eigenvalue weighted by atomic mass is 35.5. The first-order valence-corrected chi connectivity index (χ1v) is 6.71. The van der Waals surface area contributed by atoms with Crippen molar-refractivity contribution in [2.24, 2.45) is 0 Å². The van der Waals surface area contributed by atoms with E-state index in [4.69, 9.17) is 11.6 Å². The largest absolute Gasteiger partial charge is 0.304 e. The number of hydrogen-bond donors (Lipinski definition) is 1. The number of benzene rings is 2. The Kier molecular flexibility index (Phi) is 4.56. The van der Waals surface area contributed by atoms with Crippen LogP contribution < -0.4 is 5.32 Å². The molecule has 1 N–H and O–H groups in total. The summed E-state index contributed by atoms with van der Waals surface area (Å²) in [5, 5.41) is 4.22. The van der Waals surface area contributed by atoms with E-state index >= 15 is 0 Å². The van der Waals surface area contributed by atoms with E-state index < -0.39 is 0 Å². The van der Waals surface area contributed by atoms with Gasteiger partial charge in [-0.2, -0.15) is 0 Å². The molecule has 0 saturated carbocycles. The second-order valence-corrected chi connectivity index (χ2v) is 5.15. The van der Waals surface area contributed by atoms with E-state index in [1.807, 2.05) is 36.4 Å². The summed E-state index contributed by atoms with van der Waals surface area (Å²) in [5.41, 5.74) is 2.25. The van der Waals surface area contributed by atoms with E-state index in [0.29, 0.717) is 0 Å². The van der Waals surface area contributed by atoms with Gasteiger partial charge < -0.3 is 5.32 Å². The molecule has 0 spiro atoms. The third-order valence-electron chi connectivity index (χ3n) is 3.24. The van der Waals surface area contributed by atoms with Crippen molar-refractivity contribution in [2.75, 3.05) is 0 Å². The van der Waals surface area contributed by atoms with Crippen LogP contribution in [-0.2, 0) is 0 Å². The molecule has 0 radical (unpaired) electrons. The second-order valence-electron chi connectivity index (χ2n) is 4.71. The summed E-state index contributed by atoms with van der Waals surface area (Å²) >= 11 is 5.88. The Morgan fingerprint density at radius 3 is 1.74 bits per heavy atom. The van der Waals surface area contributed by atoms with Crippen LogP contribution in [0.3, 0.4) is 0 Å². The first-order chi connectivity index (χ1) is 9.06. The van der Waals surface area contributed by atoms with Crippen molar-refractivity contribution in [1.82, 2.24) is 5.32 Å². The van der Waals surface area contributed by atoms with Gasteiger partial charge in [0.1, 0.15) is 5.82 Å². The molecule has 0 aliphatic rings. The molecular formula is C16H17ClFN. The lowest BCUT2D eigenvalue weighted by Crippen LogP contribution is -2.22. The van der Waals surface area contributed by atoms with Crippen molar-refractivity contribution in [2.45, 2.75) is 25.9 Å². The first kappa shape index (κ1) is 14.0. The fourth-order valence-corrected chi connectivity index (χ4v) is 2.20. The Morgan fingerprint density at radius 2 is 1.26 bits per heavy atom. The molecule has 0 fully saturated rings. The molecule has 1 nitrogen and oxygen atoms in total. The van der Waals surface area contributed by atoms with E-state index in [0.717, 1.165) is 10.6 Å². The van der Waals surface area contributed by atoms with E-state index in [-0.39, 0.29) is 17.9 Å². The van der Waals surface area contributed by atoms with Crippen LogP contribution in [0.25, 0.3) is 0 Å². The van der Waals surface area contributed by atoms with Gasteiger partial charge in [-0.1, -0.05) is 35.9 Å². The summed E-state index contributed by atoms with van der Waals surface area (Å²) < 4.78 is 12.9. The van der Waals surface area contributed by atoms with Crippen molar-refractivity contribution < 1.29 is 4.39 Å². The minimum Gasteiger partial charge on any atom is -0.304 e. The number of nitrogens with one attached hydrogen (secondary N) is 1. The fourth-order valence-electron chi connectivity index (χ4n) is 2.07. The van der Waals surface area contributed by atoms with Crippen LogP contribution in [0.5, 0.6) is 0 Å². The maximum Gasteiger partial charge on any atom is 0.123 e. The van der Waals surface area contributed by atoms with Gasteiger partial charge in [-0.3, -0.25) is 0 Å². The summed E-state index contributed by atoms with van der Waals surface area (Å²) in [6.07, 6.45) is 0.